The highest BCUT2D eigenvalue weighted by atomic mass is 16.2. The molecule has 104 valence electrons. The summed E-state index contributed by atoms with van der Waals surface area (Å²) in [6.45, 7) is 5.99. The molecule has 1 amide bonds. The first-order chi connectivity index (χ1) is 9.18. The number of amides is 1. The predicted octanol–water partition coefficient (Wildman–Crippen LogP) is 1.69. The van der Waals surface area contributed by atoms with E-state index in [4.69, 9.17) is 0 Å². The molecule has 0 bridgehead atoms. The van der Waals surface area contributed by atoms with Crippen LogP contribution in [0.25, 0.3) is 0 Å². The van der Waals surface area contributed by atoms with Gasteiger partial charge in [0.15, 0.2) is 0 Å². The average Bonchev–Trinajstić information content (AvgIpc) is 2.93. The number of hydrogen-bond donors (Lipinski definition) is 2. The first-order valence-corrected chi connectivity index (χ1v) is 7.09. The maximum absolute atomic E-state index is 12.0. The van der Waals surface area contributed by atoms with Gasteiger partial charge in [0.1, 0.15) is 0 Å². The molecule has 2 unspecified atom stereocenters. The third-order valence-corrected chi connectivity index (χ3v) is 3.79. The molecule has 1 saturated heterocycles. The summed E-state index contributed by atoms with van der Waals surface area (Å²) in [7, 11) is 0. The van der Waals surface area contributed by atoms with Crippen LogP contribution in [0.1, 0.15) is 38.2 Å². The number of nitrogens with zero attached hydrogens (tertiary/aromatic N) is 1. The van der Waals surface area contributed by atoms with Crippen LogP contribution in [0.3, 0.4) is 0 Å². The number of nitrogens with one attached hydrogen (secondary N) is 2. The number of hydrogen-bond acceptors (Lipinski definition) is 3. The zero-order valence-corrected chi connectivity index (χ0v) is 11.7. The highest BCUT2D eigenvalue weighted by Gasteiger charge is 2.23. The fraction of sp³-hybridized carbons (Fsp3) is 0.600. The van der Waals surface area contributed by atoms with Crippen LogP contribution < -0.4 is 10.6 Å². The Kier molecular flexibility index (Phi) is 4.91. The Morgan fingerprint density at radius 3 is 3.00 bits per heavy atom. The molecular formula is C15H23N3O. The van der Waals surface area contributed by atoms with Crippen molar-refractivity contribution < 1.29 is 4.79 Å². The monoisotopic (exact) mass is 261 g/mol. The van der Waals surface area contributed by atoms with Gasteiger partial charge in [-0.15, -0.1) is 0 Å². The van der Waals surface area contributed by atoms with Gasteiger partial charge in [-0.1, -0.05) is 19.9 Å². The lowest BCUT2D eigenvalue weighted by Crippen LogP contribution is -2.42. The van der Waals surface area contributed by atoms with Gasteiger partial charge in [-0.25, -0.2) is 0 Å². The van der Waals surface area contributed by atoms with Crippen molar-refractivity contribution in [1.82, 2.24) is 15.6 Å². The second-order valence-corrected chi connectivity index (χ2v) is 5.53. The summed E-state index contributed by atoms with van der Waals surface area (Å²) in [5.74, 6) is 0.923. The maximum Gasteiger partial charge on any atom is 0.237 e. The van der Waals surface area contributed by atoms with Gasteiger partial charge in [0.25, 0.3) is 0 Å². The molecule has 1 aliphatic heterocycles. The Morgan fingerprint density at radius 2 is 2.42 bits per heavy atom. The number of carbonyl (C=O) groups is 1. The molecule has 1 aromatic heterocycles. The third-order valence-electron chi connectivity index (χ3n) is 3.79. The number of pyridine rings is 1. The van der Waals surface area contributed by atoms with Crippen molar-refractivity contribution in [2.75, 3.05) is 13.1 Å². The molecule has 4 heteroatoms. The fourth-order valence-corrected chi connectivity index (χ4v) is 2.58. The highest BCUT2D eigenvalue weighted by molar-refractivity contribution is 5.82. The SMILES string of the molecule is CC(C)C(CNC(=O)C1CCCN1)c1cccnc1. The first kappa shape index (κ1) is 14.0. The molecule has 1 fully saturated rings. The van der Waals surface area contributed by atoms with Gasteiger partial charge in [-0.3, -0.25) is 9.78 Å². The van der Waals surface area contributed by atoms with Crippen molar-refractivity contribution >= 4 is 5.91 Å². The van der Waals surface area contributed by atoms with E-state index in [1.807, 2.05) is 12.3 Å². The normalized spacial score (nSPS) is 20.5. The molecule has 0 spiro atoms. The van der Waals surface area contributed by atoms with Gasteiger partial charge < -0.3 is 10.6 Å². The molecule has 2 atom stereocenters. The molecule has 19 heavy (non-hydrogen) atoms. The van der Waals surface area contributed by atoms with Crippen molar-refractivity contribution in [2.45, 2.75) is 38.6 Å². The summed E-state index contributed by atoms with van der Waals surface area (Å²) in [6, 6.07) is 4.03. The molecule has 1 aromatic rings. The summed E-state index contributed by atoms with van der Waals surface area (Å²) in [4.78, 5) is 16.2. The number of aromatic nitrogens is 1. The van der Waals surface area contributed by atoms with Gasteiger partial charge in [0.2, 0.25) is 5.91 Å². The van der Waals surface area contributed by atoms with Gasteiger partial charge in [-0.2, -0.15) is 0 Å². The second kappa shape index (κ2) is 6.66. The fourth-order valence-electron chi connectivity index (χ4n) is 2.58. The van der Waals surface area contributed by atoms with Crippen LogP contribution in [0.15, 0.2) is 24.5 Å². The summed E-state index contributed by atoms with van der Waals surface area (Å²) in [6.07, 6.45) is 5.71. The minimum Gasteiger partial charge on any atom is -0.354 e. The van der Waals surface area contributed by atoms with E-state index in [1.54, 1.807) is 6.20 Å². The zero-order chi connectivity index (χ0) is 13.7. The van der Waals surface area contributed by atoms with Crippen molar-refractivity contribution in [3.8, 4) is 0 Å². The van der Waals surface area contributed by atoms with Crippen LogP contribution in [0.4, 0.5) is 0 Å². The molecule has 0 radical (unpaired) electrons. The van der Waals surface area contributed by atoms with Crippen molar-refractivity contribution in [1.29, 1.82) is 0 Å². The summed E-state index contributed by atoms with van der Waals surface area (Å²) >= 11 is 0. The van der Waals surface area contributed by atoms with Crippen molar-refractivity contribution in [3.05, 3.63) is 30.1 Å². The number of carbonyl (C=O) groups excluding carboxylic acids is 1. The van der Waals surface area contributed by atoms with E-state index >= 15 is 0 Å². The average molecular weight is 261 g/mol. The predicted molar refractivity (Wildman–Crippen MR) is 75.9 cm³/mol. The molecule has 1 aliphatic rings. The van der Waals surface area contributed by atoms with Gasteiger partial charge >= 0.3 is 0 Å². The second-order valence-electron chi connectivity index (χ2n) is 5.53. The quantitative estimate of drug-likeness (QED) is 0.848. The van der Waals surface area contributed by atoms with E-state index in [0.717, 1.165) is 19.4 Å². The van der Waals surface area contributed by atoms with Gasteiger partial charge in [-0.05, 0) is 36.9 Å². The molecule has 0 aromatic carbocycles. The molecule has 2 heterocycles. The van der Waals surface area contributed by atoms with E-state index in [-0.39, 0.29) is 11.9 Å². The topological polar surface area (TPSA) is 54.0 Å². The highest BCUT2D eigenvalue weighted by Crippen LogP contribution is 2.22. The van der Waals surface area contributed by atoms with Gasteiger partial charge in [0, 0.05) is 24.9 Å². The van der Waals surface area contributed by atoms with Crippen LogP contribution in [0, 0.1) is 5.92 Å². The molecule has 0 saturated carbocycles. The zero-order valence-electron chi connectivity index (χ0n) is 11.7. The van der Waals surface area contributed by atoms with Gasteiger partial charge in [0.05, 0.1) is 6.04 Å². The van der Waals surface area contributed by atoms with E-state index in [0.29, 0.717) is 18.4 Å². The maximum atomic E-state index is 12.0. The summed E-state index contributed by atoms with van der Waals surface area (Å²) in [5.41, 5.74) is 1.19. The molecule has 2 N–H and O–H groups in total. The van der Waals surface area contributed by atoms with Crippen LogP contribution in [0.2, 0.25) is 0 Å². The van der Waals surface area contributed by atoms with Crippen molar-refractivity contribution in [2.24, 2.45) is 5.92 Å². The number of rotatable bonds is 5. The molecule has 0 aliphatic carbocycles. The lowest BCUT2D eigenvalue weighted by atomic mass is 9.89. The first-order valence-electron chi connectivity index (χ1n) is 7.09. The van der Waals surface area contributed by atoms with Crippen LogP contribution in [-0.4, -0.2) is 30.0 Å². The lowest BCUT2D eigenvalue weighted by molar-refractivity contribution is -0.122. The van der Waals surface area contributed by atoms with Crippen LogP contribution in [0.5, 0.6) is 0 Å². The van der Waals surface area contributed by atoms with E-state index in [9.17, 15) is 4.79 Å². The molecule has 2 rings (SSSR count). The third kappa shape index (κ3) is 3.77. The summed E-state index contributed by atoms with van der Waals surface area (Å²) < 4.78 is 0. The minimum atomic E-state index is 0.00158. The standard InChI is InChI=1S/C15H23N3O/c1-11(2)13(12-5-3-7-16-9-12)10-18-15(19)14-6-4-8-17-14/h3,5,7,9,11,13-14,17H,4,6,8,10H2,1-2H3,(H,18,19). The van der Waals surface area contributed by atoms with E-state index < -0.39 is 0 Å². The van der Waals surface area contributed by atoms with Crippen LogP contribution >= 0.6 is 0 Å². The Balaban J connectivity index is 1.92. The largest absolute Gasteiger partial charge is 0.354 e. The molecular weight excluding hydrogens is 238 g/mol. The van der Waals surface area contributed by atoms with Crippen LogP contribution in [-0.2, 0) is 4.79 Å². The van der Waals surface area contributed by atoms with Crippen molar-refractivity contribution in [3.63, 3.8) is 0 Å². The Labute approximate surface area is 115 Å². The smallest absolute Gasteiger partial charge is 0.237 e. The summed E-state index contributed by atoms with van der Waals surface area (Å²) in [5, 5.41) is 6.30. The minimum absolute atomic E-state index is 0.00158. The Hall–Kier alpha value is -1.42. The van der Waals surface area contributed by atoms with E-state index in [2.05, 4.69) is 35.5 Å². The Morgan fingerprint density at radius 1 is 1.58 bits per heavy atom. The Bertz CT molecular complexity index is 399. The molecule has 4 nitrogen and oxygen atoms in total. The van der Waals surface area contributed by atoms with E-state index in [1.165, 1.54) is 5.56 Å². The lowest BCUT2D eigenvalue weighted by Gasteiger charge is -2.22.